The zero-order valence-corrected chi connectivity index (χ0v) is 26.5. The maximum atomic E-state index is 13.4. The van der Waals surface area contributed by atoms with Gasteiger partial charge in [-0.15, -0.1) is 0 Å². The van der Waals surface area contributed by atoms with Gasteiger partial charge in [-0.1, -0.05) is 52.2 Å². The van der Waals surface area contributed by atoms with Crippen molar-refractivity contribution in [2.75, 3.05) is 26.8 Å². The molecule has 5 atom stereocenters. The van der Waals surface area contributed by atoms with Crippen molar-refractivity contribution in [3.8, 4) is 0 Å². The summed E-state index contributed by atoms with van der Waals surface area (Å²) in [4.78, 5) is 54.3. The summed E-state index contributed by atoms with van der Waals surface area (Å²) in [5.41, 5.74) is -0.559. The Kier molecular flexibility index (Phi) is 11.3. The van der Waals surface area contributed by atoms with Gasteiger partial charge in [0.1, 0.15) is 13.2 Å². The largest absolute Gasteiger partial charge is 0.445 e. The van der Waals surface area contributed by atoms with Crippen LogP contribution in [0.15, 0.2) is 37.0 Å². The van der Waals surface area contributed by atoms with Gasteiger partial charge in [-0.25, -0.2) is 9.59 Å². The number of ketones is 1. The smallest absolute Gasteiger partial charge is 0.410 e. The third-order valence-corrected chi connectivity index (χ3v) is 8.87. The number of amides is 3. The zero-order chi connectivity index (χ0) is 30.4. The number of nitrogens with zero attached hydrogens (tertiary/aromatic N) is 2. The van der Waals surface area contributed by atoms with Crippen LogP contribution in [-0.2, 0) is 23.5 Å². The summed E-state index contributed by atoms with van der Waals surface area (Å²) in [7, 11) is 0.122. The highest BCUT2D eigenvalue weighted by atomic mass is 28.3. The van der Waals surface area contributed by atoms with E-state index in [4.69, 9.17) is 13.9 Å². The second-order valence-electron chi connectivity index (χ2n) is 12.0. The van der Waals surface area contributed by atoms with Gasteiger partial charge in [0.25, 0.3) is 0 Å². The second kappa shape index (κ2) is 13.6. The third-order valence-electron chi connectivity index (χ3n) is 7.90. The van der Waals surface area contributed by atoms with Crippen LogP contribution in [0.5, 0.6) is 0 Å². The summed E-state index contributed by atoms with van der Waals surface area (Å²) in [6.45, 7) is 21.5. The molecule has 1 N–H and O–H groups in total. The molecule has 0 saturated carbocycles. The summed E-state index contributed by atoms with van der Waals surface area (Å²) < 4.78 is 16.9. The van der Waals surface area contributed by atoms with E-state index in [0.29, 0.717) is 12.0 Å². The number of nitrogens with one attached hydrogen (secondary N) is 1. The lowest BCUT2D eigenvalue weighted by molar-refractivity contribution is -0.160. The number of rotatable bonds is 12. The van der Waals surface area contributed by atoms with Crippen molar-refractivity contribution in [1.82, 2.24) is 15.1 Å². The average molecular weight is 578 g/mol. The molecule has 0 aromatic carbocycles. The van der Waals surface area contributed by atoms with Crippen LogP contribution < -0.4 is 5.32 Å². The van der Waals surface area contributed by atoms with Gasteiger partial charge in [-0.05, 0) is 44.4 Å². The minimum atomic E-state index is -1.49. The molecule has 10 nitrogen and oxygen atoms in total. The Morgan fingerprint density at radius 1 is 1.12 bits per heavy atom. The third kappa shape index (κ3) is 7.63. The summed E-state index contributed by atoms with van der Waals surface area (Å²) >= 11 is 0. The highest BCUT2D eigenvalue weighted by molar-refractivity contribution is 6.48. The molecule has 0 spiro atoms. The predicted molar refractivity (Wildman–Crippen MR) is 156 cm³/mol. The van der Waals surface area contributed by atoms with E-state index in [9.17, 15) is 19.2 Å². The summed E-state index contributed by atoms with van der Waals surface area (Å²) in [6.07, 6.45) is 4.15. The van der Waals surface area contributed by atoms with Crippen molar-refractivity contribution >= 4 is 32.9 Å². The molecule has 0 bridgehead atoms. The molecule has 2 aliphatic heterocycles. The number of hydrogen-bond donors (Lipinski definition) is 1. The second-order valence-corrected chi connectivity index (χ2v) is 14.4. The highest BCUT2D eigenvalue weighted by Crippen LogP contribution is 2.45. The number of likely N-dealkylation sites (tertiary alicyclic amines) is 1. The van der Waals surface area contributed by atoms with Crippen molar-refractivity contribution in [2.45, 2.75) is 84.3 Å². The van der Waals surface area contributed by atoms with E-state index in [-0.39, 0.29) is 55.4 Å². The SMILES string of the molecule is C=CCOC(=O)N(C)[C@H]1C[C@@H](/C=C(\C)C(=O)C[C@H]2NC(=O)[C@@H]2[C@@](C)(O[SiH](C)C)C(C)(C)C)N(C(=O)OCC=C)C1. The quantitative estimate of drug-likeness (QED) is 0.162. The Labute approximate surface area is 240 Å². The fourth-order valence-electron chi connectivity index (χ4n) is 5.28. The average Bonchev–Trinajstić information content (AvgIpc) is 3.27. The van der Waals surface area contributed by atoms with Crippen molar-refractivity contribution < 1.29 is 33.1 Å². The van der Waals surface area contributed by atoms with Crippen molar-refractivity contribution in [3.63, 3.8) is 0 Å². The van der Waals surface area contributed by atoms with Crippen molar-refractivity contribution in [2.24, 2.45) is 11.3 Å². The molecular weight excluding hydrogens is 530 g/mol. The van der Waals surface area contributed by atoms with E-state index < -0.39 is 38.8 Å². The summed E-state index contributed by atoms with van der Waals surface area (Å²) in [5.74, 6) is -0.682. The molecule has 0 unspecified atom stereocenters. The molecule has 2 heterocycles. The zero-order valence-electron chi connectivity index (χ0n) is 25.3. The predicted octanol–water partition coefficient (Wildman–Crippen LogP) is 3.83. The molecule has 0 aromatic heterocycles. The van der Waals surface area contributed by atoms with Gasteiger partial charge in [0.15, 0.2) is 14.8 Å². The standard InChI is InChI=1S/C29H47N3O7Si/c1-11-13-37-26(35)31(8)21-16-20(32(18-21)27(36)38-14-12-2)15-19(3)23(33)17-22-24(25(34)30-22)29(7,28(4,5)6)39-40(9)10/h11-12,15,20-22,24,40H,1-2,13-14,16-18H2,3-10H3,(H,30,34)/b19-15+/t20-,21+,22-,24-,29-/m1/s1. The van der Waals surface area contributed by atoms with Crippen molar-refractivity contribution in [1.29, 1.82) is 0 Å². The van der Waals surface area contributed by atoms with Crippen LogP contribution in [0.2, 0.25) is 13.1 Å². The molecule has 2 fully saturated rings. The van der Waals surface area contributed by atoms with Crippen LogP contribution in [0.4, 0.5) is 9.59 Å². The lowest BCUT2D eigenvalue weighted by Gasteiger charge is -2.54. The van der Waals surface area contributed by atoms with Crippen molar-refractivity contribution in [3.05, 3.63) is 37.0 Å². The van der Waals surface area contributed by atoms with E-state index in [1.807, 2.05) is 6.92 Å². The Bertz CT molecular complexity index is 1020. The van der Waals surface area contributed by atoms with Gasteiger partial charge in [-0.2, -0.15) is 0 Å². The van der Waals surface area contributed by atoms with Crippen LogP contribution in [-0.4, -0.2) is 93.2 Å². The molecular formula is C29H47N3O7Si. The molecule has 0 aromatic rings. The first-order valence-electron chi connectivity index (χ1n) is 13.8. The van der Waals surface area contributed by atoms with Crippen LogP contribution in [0.3, 0.4) is 0 Å². The lowest BCUT2D eigenvalue weighted by atomic mass is 9.63. The first-order chi connectivity index (χ1) is 18.6. The Morgan fingerprint density at radius 2 is 1.73 bits per heavy atom. The van der Waals surface area contributed by atoms with E-state index in [2.05, 4.69) is 52.3 Å². The molecule has 3 amide bonds. The first kappa shape index (κ1) is 33.3. The number of allylic oxidation sites excluding steroid dienone is 1. The van der Waals surface area contributed by atoms with E-state index in [0.717, 1.165) is 0 Å². The minimum absolute atomic E-state index is 0.0438. The fourth-order valence-corrected chi connectivity index (χ4v) is 6.76. The molecule has 2 saturated heterocycles. The Morgan fingerprint density at radius 3 is 2.25 bits per heavy atom. The van der Waals surface area contributed by atoms with Crippen LogP contribution in [0.1, 0.15) is 47.5 Å². The van der Waals surface area contributed by atoms with Gasteiger partial charge < -0.3 is 24.1 Å². The highest BCUT2D eigenvalue weighted by Gasteiger charge is 2.57. The topological polar surface area (TPSA) is 114 Å². The monoisotopic (exact) mass is 577 g/mol. The van der Waals surface area contributed by atoms with Crippen LogP contribution in [0.25, 0.3) is 0 Å². The fraction of sp³-hybridized carbons (Fsp3) is 0.655. The molecule has 224 valence electrons. The van der Waals surface area contributed by atoms with E-state index in [1.165, 1.54) is 22.0 Å². The van der Waals surface area contributed by atoms with E-state index >= 15 is 0 Å². The molecule has 11 heteroatoms. The van der Waals surface area contributed by atoms with Gasteiger partial charge in [0, 0.05) is 20.0 Å². The maximum absolute atomic E-state index is 13.4. The normalized spacial score (nSPS) is 24.5. The minimum Gasteiger partial charge on any atom is -0.445 e. The maximum Gasteiger partial charge on any atom is 0.410 e. The number of likely N-dealkylation sites (N-methyl/N-ethyl adjacent to an activating group) is 1. The number of ether oxygens (including phenoxy) is 2. The number of Topliss-reactive ketones (excluding diaryl/α,β-unsaturated/α-hetero) is 1. The number of carbonyl (C=O) groups is 4. The molecule has 2 rings (SSSR count). The molecule has 0 aliphatic carbocycles. The molecule has 40 heavy (non-hydrogen) atoms. The summed E-state index contributed by atoms with van der Waals surface area (Å²) in [5, 5.41) is 2.91. The summed E-state index contributed by atoms with van der Waals surface area (Å²) in [6, 6.07) is -1.16. The number of β-lactam (4-membered cyclic amide) rings is 1. The Hall–Kier alpha value is -2.92. The van der Waals surface area contributed by atoms with E-state index in [1.54, 1.807) is 20.0 Å². The lowest BCUT2D eigenvalue weighted by Crippen LogP contribution is -2.70. The molecule has 0 radical (unpaired) electrons. The number of hydrogen-bond acceptors (Lipinski definition) is 7. The number of carbonyl (C=O) groups excluding carboxylic acids is 4. The Balaban J connectivity index is 2.23. The molecule has 2 aliphatic rings. The van der Waals surface area contributed by atoms with Gasteiger partial charge in [0.05, 0.1) is 29.6 Å². The van der Waals surface area contributed by atoms with Gasteiger partial charge in [0.2, 0.25) is 5.91 Å². The van der Waals surface area contributed by atoms with Crippen LogP contribution in [0, 0.1) is 11.3 Å². The van der Waals surface area contributed by atoms with Crippen LogP contribution >= 0.6 is 0 Å². The van der Waals surface area contributed by atoms with Gasteiger partial charge >= 0.3 is 12.2 Å². The van der Waals surface area contributed by atoms with Gasteiger partial charge in [-0.3, -0.25) is 14.5 Å². The first-order valence-corrected chi connectivity index (χ1v) is 16.6.